The normalized spacial score (nSPS) is 21.7. The molecule has 1 saturated heterocycles. The second-order valence-corrected chi connectivity index (χ2v) is 5.42. The maximum Gasteiger partial charge on any atom is 0.421 e. The van der Waals surface area contributed by atoms with Gasteiger partial charge in [0.1, 0.15) is 11.4 Å². The second-order valence-electron chi connectivity index (χ2n) is 5.08. The lowest BCUT2D eigenvalue weighted by Gasteiger charge is -2.56. The third-order valence-corrected chi connectivity index (χ3v) is 3.99. The van der Waals surface area contributed by atoms with Gasteiger partial charge in [-0.25, -0.2) is 4.98 Å². The molecular formula is C11H11ClF3N3. The summed E-state index contributed by atoms with van der Waals surface area (Å²) in [6.45, 7) is 1.28. The summed E-state index contributed by atoms with van der Waals surface area (Å²) in [6, 6.07) is 0. The van der Waals surface area contributed by atoms with E-state index in [4.69, 9.17) is 11.6 Å². The van der Waals surface area contributed by atoms with Gasteiger partial charge < -0.3 is 4.90 Å². The first-order valence-corrected chi connectivity index (χ1v) is 6.12. The highest BCUT2D eigenvalue weighted by Gasteiger charge is 2.49. The third-order valence-electron chi connectivity index (χ3n) is 3.81. The molecule has 2 fully saturated rings. The van der Waals surface area contributed by atoms with E-state index in [0.29, 0.717) is 13.1 Å². The molecule has 1 spiro atoms. The van der Waals surface area contributed by atoms with Gasteiger partial charge >= 0.3 is 6.18 Å². The van der Waals surface area contributed by atoms with E-state index in [0.717, 1.165) is 19.0 Å². The fourth-order valence-electron chi connectivity index (χ4n) is 2.70. The molecule has 1 saturated carbocycles. The molecule has 18 heavy (non-hydrogen) atoms. The number of nitrogens with zero attached hydrogens (tertiary/aromatic N) is 3. The summed E-state index contributed by atoms with van der Waals surface area (Å²) >= 11 is 5.59. The van der Waals surface area contributed by atoms with Crippen LogP contribution in [0.2, 0.25) is 5.28 Å². The van der Waals surface area contributed by atoms with Crippen LogP contribution in [0.3, 0.4) is 0 Å². The quantitative estimate of drug-likeness (QED) is 0.739. The van der Waals surface area contributed by atoms with Gasteiger partial charge in [-0.15, -0.1) is 0 Å². The minimum atomic E-state index is -4.44. The van der Waals surface area contributed by atoms with Gasteiger partial charge in [0.15, 0.2) is 0 Å². The number of hydrogen-bond acceptors (Lipinski definition) is 3. The molecule has 98 valence electrons. The van der Waals surface area contributed by atoms with E-state index in [1.54, 1.807) is 4.90 Å². The van der Waals surface area contributed by atoms with Crippen molar-refractivity contribution < 1.29 is 13.2 Å². The largest absolute Gasteiger partial charge is 0.421 e. The average Bonchev–Trinajstić information content (AvgIpc) is 2.10. The van der Waals surface area contributed by atoms with Gasteiger partial charge in [0.05, 0.1) is 0 Å². The maximum absolute atomic E-state index is 12.8. The lowest BCUT2D eigenvalue weighted by Crippen LogP contribution is -2.60. The molecule has 0 unspecified atom stereocenters. The predicted octanol–water partition coefficient (Wildman–Crippen LogP) is 3.14. The molecular weight excluding hydrogens is 267 g/mol. The smallest absolute Gasteiger partial charge is 0.355 e. The standard InChI is InChI=1S/C11H11ClF3N3/c12-9-16-4-7(11(13,14)15)8(17-9)18-5-10(6-18)2-1-3-10/h4H,1-3,5-6H2. The van der Waals surface area contributed by atoms with E-state index in [-0.39, 0.29) is 16.5 Å². The summed E-state index contributed by atoms with van der Waals surface area (Å²) in [4.78, 5) is 8.82. The number of rotatable bonds is 1. The van der Waals surface area contributed by atoms with E-state index < -0.39 is 11.7 Å². The third kappa shape index (κ3) is 1.83. The van der Waals surface area contributed by atoms with Crippen LogP contribution in [0.1, 0.15) is 24.8 Å². The number of halogens is 4. The lowest BCUT2D eigenvalue weighted by atomic mass is 9.63. The first-order chi connectivity index (χ1) is 8.40. The van der Waals surface area contributed by atoms with Crippen LogP contribution in [0.5, 0.6) is 0 Å². The van der Waals surface area contributed by atoms with Gasteiger partial charge in [0.2, 0.25) is 5.28 Å². The summed E-state index contributed by atoms with van der Waals surface area (Å²) < 4.78 is 38.5. The fourth-order valence-corrected chi connectivity index (χ4v) is 2.83. The topological polar surface area (TPSA) is 29.0 Å². The van der Waals surface area contributed by atoms with Gasteiger partial charge in [-0.05, 0) is 24.4 Å². The Morgan fingerprint density at radius 2 is 1.94 bits per heavy atom. The van der Waals surface area contributed by atoms with Gasteiger partial charge in [-0.2, -0.15) is 18.2 Å². The van der Waals surface area contributed by atoms with Crippen molar-refractivity contribution in [2.24, 2.45) is 5.41 Å². The van der Waals surface area contributed by atoms with Crippen molar-refractivity contribution in [3.63, 3.8) is 0 Å². The minimum absolute atomic E-state index is 0.0833. The Hall–Kier alpha value is -1.04. The number of alkyl halides is 3. The van der Waals surface area contributed by atoms with Crippen LogP contribution >= 0.6 is 11.6 Å². The van der Waals surface area contributed by atoms with E-state index in [9.17, 15) is 13.2 Å². The van der Waals surface area contributed by atoms with Crippen LogP contribution in [0, 0.1) is 5.41 Å². The molecule has 1 aromatic rings. The van der Waals surface area contributed by atoms with Gasteiger partial charge in [0.25, 0.3) is 0 Å². The molecule has 3 nitrogen and oxygen atoms in total. The Balaban J connectivity index is 1.89. The highest BCUT2D eigenvalue weighted by Crippen LogP contribution is 2.50. The summed E-state index contributed by atoms with van der Waals surface area (Å²) in [5.74, 6) is -0.0833. The van der Waals surface area contributed by atoms with Crippen LogP contribution < -0.4 is 4.90 Å². The summed E-state index contributed by atoms with van der Waals surface area (Å²) in [5.41, 5.74) is -0.568. The lowest BCUT2D eigenvalue weighted by molar-refractivity contribution is -0.137. The predicted molar refractivity (Wildman–Crippen MR) is 60.5 cm³/mol. The number of aromatic nitrogens is 2. The monoisotopic (exact) mass is 277 g/mol. The van der Waals surface area contributed by atoms with E-state index >= 15 is 0 Å². The molecule has 2 aliphatic rings. The fraction of sp³-hybridized carbons (Fsp3) is 0.636. The molecule has 1 aliphatic heterocycles. The molecule has 0 bridgehead atoms. The highest BCUT2D eigenvalue weighted by molar-refractivity contribution is 6.28. The Labute approximate surface area is 107 Å². The maximum atomic E-state index is 12.8. The Bertz CT molecular complexity index is 477. The zero-order valence-electron chi connectivity index (χ0n) is 9.47. The molecule has 1 aliphatic carbocycles. The Morgan fingerprint density at radius 3 is 2.44 bits per heavy atom. The van der Waals surface area contributed by atoms with Crippen LogP contribution in [0.15, 0.2) is 6.20 Å². The van der Waals surface area contributed by atoms with Crippen molar-refractivity contribution in [1.82, 2.24) is 9.97 Å². The number of hydrogen-bond donors (Lipinski definition) is 0. The van der Waals surface area contributed by atoms with E-state index in [1.165, 1.54) is 6.42 Å². The van der Waals surface area contributed by atoms with Crippen LogP contribution in [0.25, 0.3) is 0 Å². The van der Waals surface area contributed by atoms with Crippen molar-refractivity contribution in [2.75, 3.05) is 18.0 Å². The summed E-state index contributed by atoms with van der Waals surface area (Å²) in [5, 5.41) is -0.146. The molecule has 0 atom stereocenters. The SMILES string of the molecule is FC(F)(F)c1cnc(Cl)nc1N1CC2(CCC2)C1. The van der Waals surface area contributed by atoms with Crippen LogP contribution in [-0.4, -0.2) is 23.1 Å². The van der Waals surface area contributed by atoms with Crippen molar-refractivity contribution in [1.29, 1.82) is 0 Å². The van der Waals surface area contributed by atoms with Crippen molar-refractivity contribution >= 4 is 17.4 Å². The van der Waals surface area contributed by atoms with E-state index in [2.05, 4.69) is 9.97 Å². The van der Waals surface area contributed by atoms with Crippen LogP contribution in [0.4, 0.5) is 19.0 Å². The summed E-state index contributed by atoms with van der Waals surface area (Å²) in [6.07, 6.45) is -0.309. The zero-order valence-corrected chi connectivity index (χ0v) is 10.2. The molecule has 1 aromatic heterocycles. The first kappa shape index (κ1) is 12.0. The van der Waals surface area contributed by atoms with Crippen LogP contribution in [-0.2, 0) is 6.18 Å². The zero-order chi connectivity index (χ0) is 13.0. The van der Waals surface area contributed by atoms with Gasteiger partial charge in [0, 0.05) is 24.7 Å². The second kappa shape index (κ2) is 3.73. The molecule has 0 aromatic carbocycles. The average molecular weight is 278 g/mol. The molecule has 3 rings (SSSR count). The van der Waals surface area contributed by atoms with Crippen molar-refractivity contribution in [3.05, 3.63) is 17.0 Å². The highest BCUT2D eigenvalue weighted by atomic mass is 35.5. The van der Waals surface area contributed by atoms with Gasteiger partial charge in [-0.1, -0.05) is 6.42 Å². The molecule has 2 heterocycles. The Kier molecular flexibility index (Phi) is 2.49. The molecule has 7 heteroatoms. The molecule has 0 N–H and O–H groups in total. The first-order valence-electron chi connectivity index (χ1n) is 5.74. The Morgan fingerprint density at radius 1 is 1.28 bits per heavy atom. The minimum Gasteiger partial charge on any atom is -0.355 e. The van der Waals surface area contributed by atoms with Crippen molar-refractivity contribution in [3.8, 4) is 0 Å². The van der Waals surface area contributed by atoms with Crippen molar-refractivity contribution in [2.45, 2.75) is 25.4 Å². The van der Waals surface area contributed by atoms with E-state index in [1.807, 2.05) is 0 Å². The summed E-state index contributed by atoms with van der Waals surface area (Å²) in [7, 11) is 0. The molecule has 0 amide bonds. The molecule has 0 radical (unpaired) electrons. The number of anilines is 1. The van der Waals surface area contributed by atoms with Gasteiger partial charge in [-0.3, -0.25) is 0 Å².